The molecule has 1 aliphatic heterocycles. The molecule has 58 valence electrons. The van der Waals surface area contributed by atoms with E-state index in [0.29, 0.717) is 24.2 Å². The standard InChI is InChI=1S/C6H10FNO2/c7-8-3-6(10)2-1-5(8)4-9/h4-6,10H,1-3H2. The zero-order chi connectivity index (χ0) is 7.56. The van der Waals surface area contributed by atoms with E-state index in [1.165, 1.54) is 0 Å². The average molecular weight is 147 g/mol. The van der Waals surface area contributed by atoms with Gasteiger partial charge in [-0.2, -0.15) is 0 Å². The predicted molar refractivity (Wildman–Crippen MR) is 32.9 cm³/mol. The van der Waals surface area contributed by atoms with E-state index in [4.69, 9.17) is 5.11 Å². The highest BCUT2D eigenvalue weighted by Crippen LogP contribution is 2.15. The maximum Gasteiger partial charge on any atom is 0.139 e. The van der Waals surface area contributed by atoms with Crippen molar-refractivity contribution in [2.24, 2.45) is 0 Å². The van der Waals surface area contributed by atoms with Crippen LogP contribution in [0.1, 0.15) is 12.8 Å². The SMILES string of the molecule is O=CC1CCC(O)CN1F. The topological polar surface area (TPSA) is 40.5 Å². The van der Waals surface area contributed by atoms with E-state index >= 15 is 0 Å². The van der Waals surface area contributed by atoms with Crippen LogP contribution in [0.3, 0.4) is 0 Å². The van der Waals surface area contributed by atoms with Gasteiger partial charge < -0.3 is 9.90 Å². The molecular formula is C6H10FNO2. The number of aldehydes is 1. The van der Waals surface area contributed by atoms with Gasteiger partial charge in [-0.25, -0.2) is 0 Å². The molecule has 0 radical (unpaired) electrons. The lowest BCUT2D eigenvalue weighted by molar-refractivity contribution is -0.129. The molecule has 0 aliphatic carbocycles. The third-order valence-electron chi connectivity index (χ3n) is 1.70. The molecule has 1 fully saturated rings. The van der Waals surface area contributed by atoms with Gasteiger partial charge in [-0.3, -0.25) is 0 Å². The van der Waals surface area contributed by atoms with Gasteiger partial charge in [-0.15, -0.1) is 9.60 Å². The number of aliphatic hydroxyl groups is 1. The fourth-order valence-electron chi connectivity index (χ4n) is 1.07. The molecule has 0 spiro atoms. The predicted octanol–water partition coefficient (Wildman–Crippen LogP) is -0.105. The van der Waals surface area contributed by atoms with Crippen molar-refractivity contribution >= 4 is 6.29 Å². The molecule has 0 aromatic carbocycles. The Bertz CT molecular complexity index is 131. The molecule has 0 aromatic rings. The maximum atomic E-state index is 12.5. The molecule has 1 heterocycles. The number of piperidine rings is 1. The van der Waals surface area contributed by atoms with E-state index in [-0.39, 0.29) is 6.54 Å². The van der Waals surface area contributed by atoms with Crippen LogP contribution in [0.25, 0.3) is 0 Å². The molecule has 0 aromatic heterocycles. The quantitative estimate of drug-likeness (QED) is 0.415. The molecule has 0 amide bonds. The van der Waals surface area contributed by atoms with Crippen LogP contribution in [0.15, 0.2) is 0 Å². The maximum absolute atomic E-state index is 12.5. The van der Waals surface area contributed by atoms with Crippen molar-refractivity contribution in [1.29, 1.82) is 0 Å². The zero-order valence-electron chi connectivity index (χ0n) is 5.53. The summed E-state index contributed by atoms with van der Waals surface area (Å²) in [7, 11) is 0. The molecule has 1 saturated heterocycles. The van der Waals surface area contributed by atoms with E-state index < -0.39 is 12.1 Å². The van der Waals surface area contributed by atoms with Crippen molar-refractivity contribution in [2.45, 2.75) is 25.0 Å². The minimum absolute atomic E-state index is 0.0383. The summed E-state index contributed by atoms with van der Waals surface area (Å²) in [5.74, 6) is 0. The lowest BCUT2D eigenvalue weighted by Crippen LogP contribution is -2.41. The summed E-state index contributed by atoms with van der Waals surface area (Å²) < 4.78 is 12.5. The van der Waals surface area contributed by atoms with Crippen molar-refractivity contribution in [3.05, 3.63) is 0 Å². The molecule has 1 aliphatic rings. The molecule has 2 atom stereocenters. The number of aliphatic hydroxyl groups excluding tert-OH is 1. The number of hydrogen-bond acceptors (Lipinski definition) is 3. The van der Waals surface area contributed by atoms with Crippen LogP contribution < -0.4 is 0 Å². The van der Waals surface area contributed by atoms with Gasteiger partial charge >= 0.3 is 0 Å². The molecule has 1 rings (SSSR count). The van der Waals surface area contributed by atoms with Crippen LogP contribution in [-0.4, -0.2) is 35.2 Å². The number of hydrogen-bond donors (Lipinski definition) is 1. The molecule has 0 saturated carbocycles. The zero-order valence-corrected chi connectivity index (χ0v) is 5.53. The first-order valence-corrected chi connectivity index (χ1v) is 3.30. The van der Waals surface area contributed by atoms with Gasteiger partial charge in [0.1, 0.15) is 6.29 Å². The van der Waals surface area contributed by atoms with Crippen LogP contribution in [-0.2, 0) is 4.79 Å². The highest BCUT2D eigenvalue weighted by Gasteiger charge is 2.26. The summed E-state index contributed by atoms with van der Waals surface area (Å²) in [5, 5.41) is 9.29. The van der Waals surface area contributed by atoms with E-state index in [1.54, 1.807) is 0 Å². The molecule has 0 bridgehead atoms. The Labute approximate surface area is 58.4 Å². The van der Waals surface area contributed by atoms with Crippen LogP contribution in [0, 0.1) is 0 Å². The monoisotopic (exact) mass is 147 g/mol. The van der Waals surface area contributed by atoms with Crippen molar-refractivity contribution in [3.8, 4) is 0 Å². The molecule has 10 heavy (non-hydrogen) atoms. The third-order valence-corrected chi connectivity index (χ3v) is 1.70. The van der Waals surface area contributed by atoms with E-state index in [9.17, 15) is 9.28 Å². The smallest absolute Gasteiger partial charge is 0.139 e. The summed E-state index contributed by atoms with van der Waals surface area (Å²) in [6.07, 6.45) is 0.901. The van der Waals surface area contributed by atoms with Gasteiger partial charge in [0.15, 0.2) is 0 Å². The lowest BCUT2D eigenvalue weighted by Gasteiger charge is -2.27. The summed E-state index contributed by atoms with van der Waals surface area (Å²) >= 11 is 0. The molecule has 4 heteroatoms. The second kappa shape index (κ2) is 3.07. The van der Waals surface area contributed by atoms with E-state index in [1.807, 2.05) is 0 Å². The molecule has 3 nitrogen and oxygen atoms in total. The Morgan fingerprint density at radius 3 is 2.80 bits per heavy atom. The van der Waals surface area contributed by atoms with Gasteiger partial charge in [-0.05, 0) is 12.8 Å². The summed E-state index contributed by atoms with van der Waals surface area (Å²) in [4.78, 5) is 10.1. The minimum Gasteiger partial charge on any atom is -0.392 e. The summed E-state index contributed by atoms with van der Waals surface area (Å²) in [5.41, 5.74) is 0. The van der Waals surface area contributed by atoms with E-state index in [0.717, 1.165) is 0 Å². The molecular weight excluding hydrogens is 137 g/mol. The first-order valence-electron chi connectivity index (χ1n) is 3.30. The van der Waals surface area contributed by atoms with Crippen molar-refractivity contribution in [2.75, 3.05) is 6.54 Å². The number of carbonyl (C=O) groups excluding carboxylic acids is 1. The fraction of sp³-hybridized carbons (Fsp3) is 0.833. The molecule has 2 unspecified atom stereocenters. The van der Waals surface area contributed by atoms with Gasteiger partial charge in [0, 0.05) is 0 Å². The number of nitrogens with zero attached hydrogens (tertiary/aromatic N) is 1. The highest BCUT2D eigenvalue weighted by molar-refractivity contribution is 5.57. The van der Waals surface area contributed by atoms with Crippen LogP contribution >= 0.6 is 0 Å². The number of β-amino-alcohol motifs (C(OH)–C–C–N with tert-alkyl or cyclic N) is 1. The van der Waals surface area contributed by atoms with Gasteiger partial charge in [0.25, 0.3) is 0 Å². The fourth-order valence-corrected chi connectivity index (χ4v) is 1.07. The van der Waals surface area contributed by atoms with Crippen molar-refractivity contribution in [3.63, 3.8) is 0 Å². The number of rotatable bonds is 1. The Kier molecular flexibility index (Phi) is 2.34. The average Bonchev–Trinajstić information content (AvgIpc) is 1.88. The van der Waals surface area contributed by atoms with Gasteiger partial charge in [-0.1, -0.05) is 0 Å². The Morgan fingerprint density at radius 2 is 2.30 bits per heavy atom. The Balaban J connectivity index is 2.43. The van der Waals surface area contributed by atoms with E-state index in [2.05, 4.69) is 0 Å². The van der Waals surface area contributed by atoms with Gasteiger partial charge in [0.2, 0.25) is 0 Å². The third kappa shape index (κ3) is 1.52. The largest absolute Gasteiger partial charge is 0.392 e. The lowest BCUT2D eigenvalue weighted by atomic mass is 10.0. The number of halogens is 1. The second-order valence-corrected chi connectivity index (χ2v) is 2.52. The first kappa shape index (κ1) is 7.63. The second-order valence-electron chi connectivity index (χ2n) is 2.52. The van der Waals surface area contributed by atoms with Crippen LogP contribution in [0.5, 0.6) is 0 Å². The van der Waals surface area contributed by atoms with Gasteiger partial charge in [0.05, 0.1) is 18.7 Å². The summed E-state index contributed by atoms with van der Waals surface area (Å²) in [6.45, 7) is -0.0383. The Morgan fingerprint density at radius 1 is 1.60 bits per heavy atom. The molecule has 1 N–H and O–H groups in total. The van der Waals surface area contributed by atoms with Crippen LogP contribution in [0.2, 0.25) is 0 Å². The van der Waals surface area contributed by atoms with Crippen LogP contribution in [0.4, 0.5) is 4.48 Å². The summed E-state index contributed by atoms with van der Waals surface area (Å²) in [6, 6.07) is -0.636. The Hall–Kier alpha value is -0.480. The van der Waals surface area contributed by atoms with Crippen molar-refractivity contribution in [1.82, 2.24) is 5.12 Å². The first-order chi connectivity index (χ1) is 4.74. The minimum atomic E-state index is -0.636. The highest BCUT2D eigenvalue weighted by atomic mass is 19.2. The van der Waals surface area contributed by atoms with Crippen molar-refractivity contribution < 1.29 is 14.4 Å². The number of carbonyl (C=O) groups is 1. The normalized spacial score (nSPS) is 35.8.